The first kappa shape index (κ1) is 9.46. The van der Waals surface area contributed by atoms with Crippen molar-refractivity contribution >= 4 is 0 Å². The normalized spacial score (nSPS) is 13.8. The standard InChI is InChI=1S/C15H14O/c16-14-10-4-8-12-7-3-6-11-5-1-2-9-13(11)15(12)14/h1-2,4-5,8-10,16H,3,6-7H2. The predicted octanol–water partition coefficient (Wildman–Crippen LogP) is 3.55. The number of phenolic OH excluding ortho intramolecular Hbond substituents is 1. The Morgan fingerprint density at radius 1 is 0.812 bits per heavy atom. The number of aryl methyl sites for hydroxylation is 2. The van der Waals surface area contributed by atoms with Gasteiger partial charge in [-0.15, -0.1) is 0 Å². The van der Waals surface area contributed by atoms with Gasteiger partial charge in [-0.05, 0) is 42.0 Å². The maximum absolute atomic E-state index is 10.0. The molecule has 0 fully saturated rings. The van der Waals surface area contributed by atoms with E-state index >= 15 is 0 Å². The second-order valence-electron chi connectivity index (χ2n) is 4.32. The van der Waals surface area contributed by atoms with Gasteiger partial charge in [-0.1, -0.05) is 36.4 Å². The molecule has 0 aliphatic heterocycles. The second kappa shape index (κ2) is 3.67. The lowest BCUT2D eigenvalue weighted by Crippen LogP contribution is -1.87. The molecule has 0 saturated heterocycles. The van der Waals surface area contributed by atoms with Gasteiger partial charge >= 0.3 is 0 Å². The molecule has 16 heavy (non-hydrogen) atoms. The van der Waals surface area contributed by atoms with Gasteiger partial charge in [0, 0.05) is 5.56 Å². The number of aromatic hydroxyl groups is 1. The molecule has 0 unspecified atom stereocenters. The quantitative estimate of drug-likeness (QED) is 0.705. The van der Waals surface area contributed by atoms with E-state index in [9.17, 15) is 5.11 Å². The molecule has 80 valence electrons. The third-order valence-electron chi connectivity index (χ3n) is 3.31. The van der Waals surface area contributed by atoms with Crippen LogP contribution in [-0.2, 0) is 12.8 Å². The second-order valence-corrected chi connectivity index (χ2v) is 4.32. The van der Waals surface area contributed by atoms with Gasteiger partial charge in [-0.2, -0.15) is 0 Å². The summed E-state index contributed by atoms with van der Waals surface area (Å²) in [5.74, 6) is 0.409. The zero-order valence-corrected chi connectivity index (χ0v) is 9.11. The number of hydrogen-bond donors (Lipinski definition) is 1. The monoisotopic (exact) mass is 210 g/mol. The van der Waals surface area contributed by atoms with Gasteiger partial charge in [-0.25, -0.2) is 0 Å². The first-order valence-electron chi connectivity index (χ1n) is 5.75. The molecule has 0 amide bonds. The van der Waals surface area contributed by atoms with Gasteiger partial charge < -0.3 is 5.11 Å². The lowest BCUT2D eigenvalue weighted by atomic mass is 9.96. The van der Waals surface area contributed by atoms with Crippen LogP contribution < -0.4 is 0 Å². The number of rotatable bonds is 0. The Kier molecular flexibility index (Phi) is 2.17. The van der Waals surface area contributed by atoms with E-state index in [1.54, 1.807) is 6.07 Å². The first-order valence-corrected chi connectivity index (χ1v) is 5.75. The van der Waals surface area contributed by atoms with Crippen LogP contribution in [0.25, 0.3) is 11.1 Å². The van der Waals surface area contributed by atoms with E-state index in [0.717, 1.165) is 24.8 Å². The largest absolute Gasteiger partial charge is 0.507 e. The third-order valence-corrected chi connectivity index (χ3v) is 3.31. The van der Waals surface area contributed by atoms with E-state index in [-0.39, 0.29) is 0 Å². The van der Waals surface area contributed by atoms with E-state index in [4.69, 9.17) is 0 Å². The predicted molar refractivity (Wildman–Crippen MR) is 65.6 cm³/mol. The zero-order valence-electron chi connectivity index (χ0n) is 9.11. The summed E-state index contributed by atoms with van der Waals surface area (Å²) in [6.45, 7) is 0. The van der Waals surface area contributed by atoms with Crippen LogP contribution in [0.4, 0.5) is 0 Å². The van der Waals surface area contributed by atoms with Crippen LogP contribution in [0.1, 0.15) is 17.5 Å². The molecule has 2 aromatic rings. The molecule has 1 heteroatoms. The summed E-state index contributed by atoms with van der Waals surface area (Å²) in [6.07, 6.45) is 3.32. The summed E-state index contributed by atoms with van der Waals surface area (Å²) in [7, 11) is 0. The molecule has 0 spiro atoms. The highest BCUT2D eigenvalue weighted by Crippen LogP contribution is 2.38. The summed E-state index contributed by atoms with van der Waals surface area (Å²) in [5.41, 5.74) is 4.86. The van der Waals surface area contributed by atoms with Crippen molar-refractivity contribution in [2.24, 2.45) is 0 Å². The van der Waals surface area contributed by atoms with Crippen LogP contribution in [-0.4, -0.2) is 5.11 Å². The van der Waals surface area contributed by atoms with Crippen LogP contribution in [0.5, 0.6) is 5.75 Å². The van der Waals surface area contributed by atoms with Crippen LogP contribution in [0.15, 0.2) is 42.5 Å². The Bertz CT molecular complexity index is 529. The van der Waals surface area contributed by atoms with Gasteiger partial charge in [0.25, 0.3) is 0 Å². The van der Waals surface area contributed by atoms with Crippen LogP contribution >= 0.6 is 0 Å². The summed E-state index contributed by atoms with van der Waals surface area (Å²) in [6, 6.07) is 14.2. The molecule has 1 nitrogen and oxygen atoms in total. The summed E-state index contributed by atoms with van der Waals surface area (Å²) < 4.78 is 0. The molecular formula is C15H14O. The topological polar surface area (TPSA) is 20.2 Å². The number of hydrogen-bond acceptors (Lipinski definition) is 1. The Hall–Kier alpha value is -1.76. The van der Waals surface area contributed by atoms with E-state index < -0.39 is 0 Å². The summed E-state index contributed by atoms with van der Waals surface area (Å²) in [4.78, 5) is 0. The van der Waals surface area contributed by atoms with E-state index in [1.165, 1.54) is 16.7 Å². The summed E-state index contributed by atoms with van der Waals surface area (Å²) in [5, 5.41) is 10.0. The Morgan fingerprint density at radius 3 is 2.50 bits per heavy atom. The highest BCUT2D eigenvalue weighted by molar-refractivity contribution is 5.77. The van der Waals surface area contributed by atoms with E-state index in [1.807, 2.05) is 12.1 Å². The van der Waals surface area contributed by atoms with Crippen LogP contribution in [0, 0.1) is 0 Å². The minimum atomic E-state index is 0.409. The molecule has 1 aliphatic carbocycles. The fourth-order valence-corrected chi connectivity index (χ4v) is 2.56. The molecule has 0 atom stereocenters. The maximum Gasteiger partial charge on any atom is 0.123 e. The SMILES string of the molecule is Oc1cccc2c1-c1ccccc1CCC2. The zero-order chi connectivity index (χ0) is 11.0. The molecule has 0 saturated carbocycles. The molecule has 1 N–H and O–H groups in total. The van der Waals surface area contributed by atoms with Crippen LogP contribution in [0.3, 0.4) is 0 Å². The van der Waals surface area contributed by atoms with E-state index in [2.05, 4.69) is 24.3 Å². The number of fused-ring (bicyclic) bond motifs is 3. The molecule has 0 aromatic heterocycles. The van der Waals surface area contributed by atoms with Crippen molar-refractivity contribution in [3.8, 4) is 16.9 Å². The molecule has 0 heterocycles. The maximum atomic E-state index is 10.0. The van der Waals surface area contributed by atoms with Gasteiger partial charge in [0.05, 0.1) is 0 Å². The van der Waals surface area contributed by atoms with Crippen LogP contribution in [0.2, 0.25) is 0 Å². The molecule has 0 bridgehead atoms. The lowest BCUT2D eigenvalue weighted by Gasteiger charge is -2.10. The average Bonchev–Trinajstić information content (AvgIpc) is 2.49. The van der Waals surface area contributed by atoms with Crippen molar-refractivity contribution in [3.63, 3.8) is 0 Å². The first-order chi connectivity index (χ1) is 7.86. The third kappa shape index (κ3) is 1.40. The molecule has 0 radical (unpaired) electrons. The summed E-state index contributed by atoms with van der Waals surface area (Å²) >= 11 is 0. The molecular weight excluding hydrogens is 196 g/mol. The van der Waals surface area contributed by atoms with Gasteiger partial charge in [-0.3, -0.25) is 0 Å². The van der Waals surface area contributed by atoms with Gasteiger partial charge in [0.15, 0.2) is 0 Å². The highest BCUT2D eigenvalue weighted by Gasteiger charge is 2.16. The molecule has 2 aromatic carbocycles. The lowest BCUT2D eigenvalue weighted by molar-refractivity contribution is 0.476. The fraction of sp³-hybridized carbons (Fsp3) is 0.200. The molecule has 1 aliphatic rings. The highest BCUT2D eigenvalue weighted by atomic mass is 16.3. The van der Waals surface area contributed by atoms with Crippen molar-refractivity contribution in [3.05, 3.63) is 53.6 Å². The van der Waals surface area contributed by atoms with Crippen molar-refractivity contribution in [1.82, 2.24) is 0 Å². The average molecular weight is 210 g/mol. The Labute approximate surface area is 95.4 Å². The van der Waals surface area contributed by atoms with Crippen molar-refractivity contribution in [2.45, 2.75) is 19.3 Å². The number of benzene rings is 2. The van der Waals surface area contributed by atoms with Crippen molar-refractivity contribution < 1.29 is 5.11 Å². The smallest absolute Gasteiger partial charge is 0.123 e. The van der Waals surface area contributed by atoms with Gasteiger partial charge in [0.2, 0.25) is 0 Å². The fourth-order valence-electron chi connectivity index (χ4n) is 2.56. The van der Waals surface area contributed by atoms with Crippen molar-refractivity contribution in [2.75, 3.05) is 0 Å². The minimum absolute atomic E-state index is 0.409. The minimum Gasteiger partial charge on any atom is -0.507 e. The van der Waals surface area contributed by atoms with Crippen molar-refractivity contribution in [1.29, 1.82) is 0 Å². The van der Waals surface area contributed by atoms with E-state index in [0.29, 0.717) is 5.75 Å². The Morgan fingerprint density at radius 2 is 1.56 bits per heavy atom. The van der Waals surface area contributed by atoms with Gasteiger partial charge in [0.1, 0.15) is 5.75 Å². The number of phenols is 1. The molecule has 3 rings (SSSR count). The Balaban J connectivity index is 2.32.